The zero-order chi connectivity index (χ0) is 9.31. The SMILES string of the molecule is O=S1(=O)CCN(c2ncco2)CC1. The van der Waals surface area contributed by atoms with Gasteiger partial charge in [0, 0.05) is 13.1 Å². The Labute approximate surface area is 76.3 Å². The zero-order valence-corrected chi connectivity index (χ0v) is 7.83. The summed E-state index contributed by atoms with van der Waals surface area (Å²) in [5.74, 6) is 0.380. The highest BCUT2D eigenvalue weighted by atomic mass is 32.2. The highest BCUT2D eigenvalue weighted by molar-refractivity contribution is 7.91. The van der Waals surface area contributed by atoms with E-state index >= 15 is 0 Å². The van der Waals surface area contributed by atoms with Gasteiger partial charge in [-0.2, -0.15) is 0 Å². The molecule has 0 radical (unpaired) electrons. The standard InChI is InChI=1S/C7H10N2O3S/c10-13(11)5-2-9(3-6-13)7-8-1-4-12-7/h1,4H,2-3,5-6H2. The molecule has 0 unspecified atom stereocenters. The molecule has 0 spiro atoms. The smallest absolute Gasteiger partial charge is 0.297 e. The normalized spacial score (nSPS) is 21.7. The molecule has 0 atom stereocenters. The monoisotopic (exact) mass is 202 g/mol. The predicted molar refractivity (Wildman–Crippen MR) is 47.4 cm³/mol. The molecule has 1 saturated heterocycles. The fourth-order valence-corrected chi connectivity index (χ4v) is 2.48. The summed E-state index contributed by atoms with van der Waals surface area (Å²) in [7, 11) is -2.82. The van der Waals surface area contributed by atoms with Crippen molar-refractivity contribution in [1.29, 1.82) is 0 Å². The molecule has 1 aliphatic heterocycles. The summed E-state index contributed by atoms with van der Waals surface area (Å²) in [6.07, 6.45) is 3.04. The minimum atomic E-state index is -2.82. The number of rotatable bonds is 1. The summed E-state index contributed by atoms with van der Waals surface area (Å²) in [6, 6.07) is 0.509. The van der Waals surface area contributed by atoms with Crippen LogP contribution in [0.25, 0.3) is 0 Å². The van der Waals surface area contributed by atoms with E-state index in [1.54, 1.807) is 6.20 Å². The molecule has 2 rings (SSSR count). The van der Waals surface area contributed by atoms with Crippen molar-refractivity contribution in [2.24, 2.45) is 0 Å². The van der Waals surface area contributed by atoms with Crippen LogP contribution >= 0.6 is 0 Å². The minimum absolute atomic E-state index is 0.190. The average Bonchev–Trinajstić information content (AvgIpc) is 2.56. The molecule has 0 N–H and O–H groups in total. The van der Waals surface area contributed by atoms with Crippen LogP contribution in [0.15, 0.2) is 16.9 Å². The molecule has 6 heteroatoms. The molecule has 2 heterocycles. The van der Waals surface area contributed by atoms with Crippen molar-refractivity contribution in [1.82, 2.24) is 4.98 Å². The number of hydrogen-bond acceptors (Lipinski definition) is 5. The fourth-order valence-electron chi connectivity index (χ4n) is 1.28. The van der Waals surface area contributed by atoms with Crippen LogP contribution in [0.3, 0.4) is 0 Å². The molecule has 5 nitrogen and oxygen atoms in total. The maximum Gasteiger partial charge on any atom is 0.297 e. The van der Waals surface area contributed by atoms with E-state index in [0.717, 1.165) is 0 Å². The van der Waals surface area contributed by atoms with Gasteiger partial charge in [-0.25, -0.2) is 13.4 Å². The Morgan fingerprint density at radius 3 is 2.62 bits per heavy atom. The lowest BCUT2D eigenvalue weighted by Gasteiger charge is -2.24. The van der Waals surface area contributed by atoms with E-state index in [1.807, 2.05) is 4.90 Å². The summed E-state index contributed by atoms with van der Waals surface area (Å²) < 4.78 is 27.2. The van der Waals surface area contributed by atoms with Gasteiger partial charge < -0.3 is 9.32 Å². The van der Waals surface area contributed by atoms with E-state index in [0.29, 0.717) is 19.1 Å². The molecule has 1 aromatic rings. The van der Waals surface area contributed by atoms with Crippen LogP contribution in [-0.4, -0.2) is 38.0 Å². The molecule has 1 aliphatic rings. The van der Waals surface area contributed by atoms with Crippen LogP contribution < -0.4 is 4.90 Å². The number of nitrogens with zero attached hydrogens (tertiary/aromatic N) is 2. The molecule has 0 bridgehead atoms. The molecule has 0 saturated carbocycles. The van der Waals surface area contributed by atoms with E-state index in [9.17, 15) is 8.42 Å². The van der Waals surface area contributed by atoms with Gasteiger partial charge in [0.05, 0.1) is 17.7 Å². The number of hydrogen-bond donors (Lipinski definition) is 0. The van der Waals surface area contributed by atoms with Crippen molar-refractivity contribution in [2.45, 2.75) is 0 Å². The topological polar surface area (TPSA) is 63.4 Å². The van der Waals surface area contributed by atoms with Gasteiger partial charge >= 0.3 is 0 Å². The quantitative estimate of drug-likeness (QED) is 0.636. The van der Waals surface area contributed by atoms with Crippen molar-refractivity contribution in [2.75, 3.05) is 29.5 Å². The molecule has 0 aromatic carbocycles. The molecule has 13 heavy (non-hydrogen) atoms. The Hall–Kier alpha value is -1.04. The minimum Gasteiger partial charge on any atom is -0.432 e. The highest BCUT2D eigenvalue weighted by Crippen LogP contribution is 2.13. The summed E-state index contributed by atoms with van der Waals surface area (Å²) in [5.41, 5.74) is 0. The van der Waals surface area contributed by atoms with Crippen LogP contribution in [0.5, 0.6) is 0 Å². The Bertz CT molecular complexity index is 356. The first kappa shape index (κ1) is 8.55. The third-order valence-electron chi connectivity index (χ3n) is 2.03. The van der Waals surface area contributed by atoms with Gasteiger partial charge in [0.2, 0.25) is 0 Å². The molecule has 72 valence electrons. The number of anilines is 1. The number of sulfone groups is 1. The maximum atomic E-state index is 11.1. The van der Waals surface area contributed by atoms with Crippen molar-refractivity contribution in [3.8, 4) is 0 Å². The number of aromatic nitrogens is 1. The molecular weight excluding hydrogens is 192 g/mol. The predicted octanol–water partition coefficient (Wildman–Crippen LogP) is -0.0906. The van der Waals surface area contributed by atoms with E-state index in [-0.39, 0.29) is 11.5 Å². The first-order chi connectivity index (χ1) is 6.17. The van der Waals surface area contributed by atoms with Crippen LogP contribution in [-0.2, 0) is 9.84 Å². The van der Waals surface area contributed by atoms with Crippen molar-refractivity contribution in [3.63, 3.8) is 0 Å². The molecule has 0 amide bonds. The van der Waals surface area contributed by atoms with Gasteiger partial charge in [0.15, 0.2) is 9.84 Å². The third-order valence-corrected chi connectivity index (χ3v) is 3.64. The summed E-state index contributed by atoms with van der Waals surface area (Å²) in [4.78, 5) is 5.79. The second kappa shape index (κ2) is 3.02. The van der Waals surface area contributed by atoms with Gasteiger partial charge in [-0.1, -0.05) is 0 Å². The van der Waals surface area contributed by atoms with Crippen LogP contribution in [0.1, 0.15) is 0 Å². The van der Waals surface area contributed by atoms with E-state index in [2.05, 4.69) is 4.98 Å². The summed E-state index contributed by atoms with van der Waals surface area (Å²) in [6.45, 7) is 0.950. The lowest BCUT2D eigenvalue weighted by atomic mass is 10.5. The Kier molecular flexibility index (Phi) is 1.99. The number of oxazole rings is 1. The van der Waals surface area contributed by atoms with Gasteiger partial charge in [-0.15, -0.1) is 0 Å². The largest absolute Gasteiger partial charge is 0.432 e. The first-order valence-corrected chi connectivity index (χ1v) is 5.84. The fraction of sp³-hybridized carbons (Fsp3) is 0.571. The Balaban J connectivity index is 2.07. The zero-order valence-electron chi connectivity index (χ0n) is 7.01. The summed E-state index contributed by atoms with van der Waals surface area (Å²) in [5, 5.41) is 0. The van der Waals surface area contributed by atoms with E-state index in [1.165, 1.54) is 6.26 Å². The molecule has 1 aromatic heterocycles. The van der Waals surface area contributed by atoms with Crippen molar-refractivity contribution >= 4 is 15.9 Å². The first-order valence-electron chi connectivity index (χ1n) is 4.02. The second-order valence-corrected chi connectivity index (χ2v) is 5.26. The molecular formula is C7H10N2O3S. The highest BCUT2D eigenvalue weighted by Gasteiger charge is 2.23. The molecule has 0 aliphatic carbocycles. The molecule has 1 fully saturated rings. The second-order valence-electron chi connectivity index (χ2n) is 2.95. The van der Waals surface area contributed by atoms with Gasteiger partial charge in [0.1, 0.15) is 6.26 Å². The van der Waals surface area contributed by atoms with Gasteiger partial charge in [0.25, 0.3) is 6.01 Å². The Morgan fingerprint density at radius 2 is 2.08 bits per heavy atom. The van der Waals surface area contributed by atoms with Crippen LogP contribution in [0.4, 0.5) is 6.01 Å². The van der Waals surface area contributed by atoms with Crippen molar-refractivity contribution < 1.29 is 12.8 Å². The lowest BCUT2D eigenvalue weighted by molar-refractivity contribution is 0.531. The summed E-state index contributed by atoms with van der Waals surface area (Å²) >= 11 is 0. The van der Waals surface area contributed by atoms with Gasteiger partial charge in [-0.3, -0.25) is 0 Å². The van der Waals surface area contributed by atoms with Crippen LogP contribution in [0, 0.1) is 0 Å². The van der Waals surface area contributed by atoms with E-state index < -0.39 is 9.84 Å². The Morgan fingerprint density at radius 1 is 1.38 bits per heavy atom. The third kappa shape index (κ3) is 1.82. The maximum absolute atomic E-state index is 11.1. The van der Waals surface area contributed by atoms with Crippen LogP contribution in [0.2, 0.25) is 0 Å². The van der Waals surface area contributed by atoms with E-state index in [4.69, 9.17) is 4.42 Å². The lowest BCUT2D eigenvalue weighted by Crippen LogP contribution is -2.40. The average molecular weight is 202 g/mol. The van der Waals surface area contributed by atoms with Crippen molar-refractivity contribution in [3.05, 3.63) is 12.5 Å². The van der Waals surface area contributed by atoms with Gasteiger partial charge in [-0.05, 0) is 0 Å².